The molecule has 3 atom stereocenters. The topological polar surface area (TPSA) is 64.3 Å². The van der Waals surface area contributed by atoms with E-state index in [0.717, 1.165) is 42.6 Å². The standard InChI is InChI=1S/C32H34N4O2/c1-2-16-33-28(5-1)22-37-29-14-12-26(13-15-29)32(20-23-6-9-27(32)19-23)25-10-7-24(8-11-25)31-34-30(38-35-31)21-36-17-3-4-18-36/h1-2,5,7-8,10-16,23,27H,3-4,6,9,17-22H2/t23-,27+,32+/m1/s1. The van der Waals surface area contributed by atoms with Crippen LogP contribution in [-0.4, -0.2) is 33.1 Å². The summed E-state index contributed by atoms with van der Waals surface area (Å²) < 4.78 is 11.6. The van der Waals surface area contributed by atoms with Crippen LogP contribution in [0, 0.1) is 11.8 Å². The Hall–Kier alpha value is -3.51. The SMILES string of the molecule is c1ccc(COc2ccc([C@@]3(c4ccc(-c5noc(CN6CCCC6)n5)cc4)C[C@@H]4CC[C@H]3C4)cc2)nc1. The van der Waals surface area contributed by atoms with Gasteiger partial charge in [0.1, 0.15) is 12.4 Å². The van der Waals surface area contributed by atoms with Crippen molar-refractivity contribution in [2.75, 3.05) is 13.1 Å². The van der Waals surface area contributed by atoms with Crippen LogP contribution in [0.25, 0.3) is 11.4 Å². The molecule has 2 aromatic heterocycles. The first-order chi connectivity index (χ1) is 18.8. The molecule has 3 fully saturated rings. The van der Waals surface area contributed by atoms with E-state index in [0.29, 0.717) is 24.2 Å². The van der Waals surface area contributed by atoms with Crippen molar-refractivity contribution in [3.63, 3.8) is 0 Å². The van der Waals surface area contributed by atoms with E-state index in [2.05, 4.69) is 63.6 Å². The number of aromatic nitrogens is 3. The number of benzene rings is 2. The van der Waals surface area contributed by atoms with E-state index in [9.17, 15) is 0 Å². The van der Waals surface area contributed by atoms with E-state index in [1.807, 2.05) is 18.2 Å². The van der Waals surface area contributed by atoms with Crippen molar-refractivity contribution < 1.29 is 9.26 Å². The molecule has 0 amide bonds. The molecule has 2 aromatic carbocycles. The summed E-state index contributed by atoms with van der Waals surface area (Å²) in [5.41, 5.74) is 4.80. The van der Waals surface area contributed by atoms with Crippen LogP contribution in [0.4, 0.5) is 0 Å². The third-order valence-electron chi connectivity index (χ3n) is 9.01. The van der Waals surface area contributed by atoms with Crippen molar-refractivity contribution in [2.45, 2.75) is 57.1 Å². The molecule has 3 heterocycles. The highest BCUT2D eigenvalue weighted by Gasteiger charge is 2.52. The second-order valence-corrected chi connectivity index (χ2v) is 11.3. The fourth-order valence-electron chi connectivity index (χ4n) is 7.18. The fraction of sp³-hybridized carbons (Fsp3) is 0.406. The van der Waals surface area contributed by atoms with E-state index in [1.54, 1.807) is 6.20 Å². The first-order valence-corrected chi connectivity index (χ1v) is 14.1. The maximum Gasteiger partial charge on any atom is 0.241 e. The number of hydrogen-bond acceptors (Lipinski definition) is 6. The number of pyridine rings is 1. The maximum atomic E-state index is 6.03. The van der Waals surface area contributed by atoms with Crippen molar-refractivity contribution in [3.8, 4) is 17.1 Å². The monoisotopic (exact) mass is 506 g/mol. The Bertz CT molecular complexity index is 1360. The van der Waals surface area contributed by atoms with E-state index in [-0.39, 0.29) is 5.41 Å². The van der Waals surface area contributed by atoms with Crippen LogP contribution >= 0.6 is 0 Å². The summed E-state index contributed by atoms with van der Waals surface area (Å²) in [4.78, 5) is 11.4. The molecule has 38 heavy (non-hydrogen) atoms. The molecule has 7 rings (SSSR count). The summed E-state index contributed by atoms with van der Waals surface area (Å²) >= 11 is 0. The molecule has 6 nitrogen and oxygen atoms in total. The van der Waals surface area contributed by atoms with Gasteiger partial charge < -0.3 is 9.26 Å². The Morgan fingerprint density at radius 2 is 1.71 bits per heavy atom. The van der Waals surface area contributed by atoms with Gasteiger partial charge in [-0.3, -0.25) is 9.88 Å². The third-order valence-corrected chi connectivity index (χ3v) is 9.01. The Morgan fingerprint density at radius 3 is 2.39 bits per heavy atom. The van der Waals surface area contributed by atoms with Gasteiger partial charge >= 0.3 is 0 Å². The summed E-state index contributed by atoms with van der Waals surface area (Å²) in [6, 6.07) is 23.7. The maximum absolute atomic E-state index is 6.03. The normalized spacial score (nSPS) is 24.7. The summed E-state index contributed by atoms with van der Waals surface area (Å²) in [5, 5.41) is 4.29. The molecule has 1 saturated heterocycles. The molecule has 2 bridgehead atoms. The van der Waals surface area contributed by atoms with Gasteiger partial charge in [-0.1, -0.05) is 54.0 Å². The van der Waals surface area contributed by atoms with E-state index in [1.165, 1.54) is 49.7 Å². The van der Waals surface area contributed by atoms with Crippen molar-refractivity contribution >= 4 is 0 Å². The quantitative estimate of drug-likeness (QED) is 0.275. The zero-order valence-electron chi connectivity index (χ0n) is 21.8. The third kappa shape index (κ3) is 4.41. The second kappa shape index (κ2) is 9.99. The van der Waals surface area contributed by atoms with Gasteiger partial charge in [-0.25, -0.2) is 0 Å². The van der Waals surface area contributed by atoms with Crippen molar-refractivity contribution in [2.24, 2.45) is 11.8 Å². The fourth-order valence-corrected chi connectivity index (χ4v) is 7.18. The lowest BCUT2D eigenvalue weighted by Gasteiger charge is -2.39. The van der Waals surface area contributed by atoms with Crippen molar-refractivity contribution in [1.29, 1.82) is 0 Å². The van der Waals surface area contributed by atoms with Crippen LogP contribution in [0.3, 0.4) is 0 Å². The van der Waals surface area contributed by atoms with Crippen molar-refractivity contribution in [3.05, 3.63) is 95.6 Å². The zero-order valence-corrected chi connectivity index (χ0v) is 21.8. The average molecular weight is 507 g/mol. The first kappa shape index (κ1) is 23.6. The molecule has 194 valence electrons. The van der Waals surface area contributed by atoms with Crippen LogP contribution in [0.5, 0.6) is 5.75 Å². The summed E-state index contributed by atoms with van der Waals surface area (Å²) in [5.74, 6) is 3.76. The number of ether oxygens (including phenoxy) is 1. The molecule has 0 radical (unpaired) electrons. The number of fused-ring (bicyclic) bond motifs is 2. The van der Waals surface area contributed by atoms with Crippen LogP contribution in [0.2, 0.25) is 0 Å². The van der Waals surface area contributed by atoms with Gasteiger partial charge in [0.05, 0.1) is 12.2 Å². The largest absolute Gasteiger partial charge is 0.487 e. The molecule has 0 spiro atoms. The smallest absolute Gasteiger partial charge is 0.241 e. The highest BCUT2D eigenvalue weighted by Crippen LogP contribution is 2.60. The molecule has 6 heteroatoms. The Labute approximate surface area is 224 Å². The predicted octanol–water partition coefficient (Wildman–Crippen LogP) is 6.41. The number of hydrogen-bond donors (Lipinski definition) is 0. The van der Waals surface area contributed by atoms with Crippen LogP contribution in [0.1, 0.15) is 61.2 Å². The van der Waals surface area contributed by atoms with E-state index >= 15 is 0 Å². The van der Waals surface area contributed by atoms with Gasteiger partial charge in [0.2, 0.25) is 11.7 Å². The minimum atomic E-state index is 0.0547. The Morgan fingerprint density at radius 1 is 0.921 bits per heavy atom. The highest BCUT2D eigenvalue weighted by molar-refractivity contribution is 5.57. The molecule has 2 saturated carbocycles. The molecule has 1 aliphatic heterocycles. The number of nitrogens with zero attached hydrogens (tertiary/aromatic N) is 4. The summed E-state index contributed by atoms with van der Waals surface area (Å²) in [6.45, 7) is 3.47. The minimum Gasteiger partial charge on any atom is -0.487 e. The predicted molar refractivity (Wildman–Crippen MR) is 145 cm³/mol. The number of likely N-dealkylation sites (tertiary alicyclic amines) is 1. The van der Waals surface area contributed by atoms with Crippen LogP contribution in [0.15, 0.2) is 77.4 Å². The van der Waals surface area contributed by atoms with Gasteiger partial charge in [-0.2, -0.15) is 4.98 Å². The lowest BCUT2D eigenvalue weighted by Crippen LogP contribution is -2.34. The average Bonchev–Trinajstić information content (AvgIpc) is 3.79. The zero-order chi connectivity index (χ0) is 25.4. The molecule has 2 aliphatic carbocycles. The van der Waals surface area contributed by atoms with Gasteiger partial charge in [-0.15, -0.1) is 0 Å². The minimum absolute atomic E-state index is 0.0547. The highest BCUT2D eigenvalue weighted by atomic mass is 16.5. The van der Waals surface area contributed by atoms with E-state index in [4.69, 9.17) is 14.2 Å². The van der Waals surface area contributed by atoms with Gasteiger partial charge in [0.25, 0.3) is 0 Å². The molecule has 0 unspecified atom stereocenters. The summed E-state index contributed by atoms with van der Waals surface area (Å²) in [6.07, 6.45) is 9.52. The van der Waals surface area contributed by atoms with Gasteiger partial charge in [0.15, 0.2) is 0 Å². The Kier molecular flexibility index (Phi) is 6.20. The van der Waals surface area contributed by atoms with E-state index < -0.39 is 0 Å². The second-order valence-electron chi connectivity index (χ2n) is 11.3. The molecular formula is C32H34N4O2. The van der Waals surface area contributed by atoms with Crippen LogP contribution < -0.4 is 4.74 Å². The Balaban J connectivity index is 1.12. The molecular weight excluding hydrogens is 472 g/mol. The van der Waals surface area contributed by atoms with Crippen molar-refractivity contribution in [1.82, 2.24) is 20.0 Å². The summed E-state index contributed by atoms with van der Waals surface area (Å²) in [7, 11) is 0. The van der Waals surface area contributed by atoms with Gasteiger partial charge in [0, 0.05) is 17.2 Å². The lowest BCUT2D eigenvalue weighted by molar-refractivity contribution is 0.268. The number of rotatable bonds is 8. The van der Waals surface area contributed by atoms with Gasteiger partial charge in [-0.05, 0) is 92.4 Å². The molecule has 4 aromatic rings. The van der Waals surface area contributed by atoms with Crippen LogP contribution in [-0.2, 0) is 18.6 Å². The molecule has 3 aliphatic rings. The lowest BCUT2D eigenvalue weighted by atomic mass is 9.64. The molecule has 0 N–H and O–H groups in total. The first-order valence-electron chi connectivity index (χ1n) is 14.1.